The smallest absolute Gasteiger partial charge is 0.321 e. The summed E-state index contributed by atoms with van der Waals surface area (Å²) in [4.78, 5) is 36.0. The Kier molecular flexibility index (Phi) is 4.47. The first-order valence-electron chi connectivity index (χ1n) is 7.84. The van der Waals surface area contributed by atoms with Crippen LogP contribution in [0.5, 0.6) is 0 Å². The Bertz CT molecular complexity index is 1040. The number of hydrogen-bond donors (Lipinski definition) is 2. The third kappa shape index (κ3) is 2.93. The van der Waals surface area contributed by atoms with Crippen molar-refractivity contribution >= 4 is 27.6 Å². The maximum absolute atomic E-state index is 12.7. The minimum Gasteiger partial charge on any atom is -0.480 e. The van der Waals surface area contributed by atoms with Crippen LogP contribution in [0.2, 0.25) is 0 Å². The molecule has 1 aliphatic rings. The molecule has 2 aromatic rings. The van der Waals surface area contributed by atoms with E-state index in [1.165, 1.54) is 25.1 Å². The molecule has 26 heavy (non-hydrogen) atoms. The maximum atomic E-state index is 12.7. The van der Waals surface area contributed by atoms with E-state index in [0.717, 1.165) is 6.07 Å². The van der Waals surface area contributed by atoms with Crippen molar-refractivity contribution in [3.8, 4) is 0 Å². The molecule has 0 saturated carbocycles. The van der Waals surface area contributed by atoms with Gasteiger partial charge < -0.3 is 5.11 Å². The van der Waals surface area contributed by atoms with Crippen molar-refractivity contribution in [2.45, 2.75) is 24.3 Å². The second-order valence-corrected chi connectivity index (χ2v) is 7.55. The second-order valence-electron chi connectivity index (χ2n) is 5.83. The van der Waals surface area contributed by atoms with E-state index in [2.05, 4.69) is 4.72 Å². The number of nitrogens with one attached hydrogen (secondary N) is 1. The lowest BCUT2D eigenvalue weighted by atomic mass is 9.84. The quantitative estimate of drug-likeness (QED) is 0.701. The third-order valence-electron chi connectivity index (χ3n) is 4.21. The summed E-state index contributed by atoms with van der Waals surface area (Å²) in [6.45, 7) is 1.54. The van der Waals surface area contributed by atoms with Gasteiger partial charge in [0.1, 0.15) is 6.04 Å². The van der Waals surface area contributed by atoms with Gasteiger partial charge in [0.15, 0.2) is 11.6 Å². The lowest BCUT2D eigenvalue weighted by Crippen LogP contribution is -2.40. The largest absolute Gasteiger partial charge is 0.480 e. The van der Waals surface area contributed by atoms with E-state index in [-0.39, 0.29) is 39.4 Å². The highest BCUT2D eigenvalue weighted by Crippen LogP contribution is 2.29. The average molecular weight is 373 g/mol. The lowest BCUT2D eigenvalue weighted by molar-refractivity contribution is -0.139. The van der Waals surface area contributed by atoms with Gasteiger partial charge in [0, 0.05) is 22.3 Å². The normalized spacial score (nSPS) is 14.5. The number of aliphatic carboxylic acids is 1. The SMILES string of the molecule is CC[C@@H](NS(=O)(=O)c1ccc2c(c1)C(=O)c1ccccc1C2=O)C(=O)O. The lowest BCUT2D eigenvalue weighted by Gasteiger charge is -2.19. The number of sulfonamides is 1. The van der Waals surface area contributed by atoms with Crippen LogP contribution in [0.15, 0.2) is 47.4 Å². The summed E-state index contributed by atoms with van der Waals surface area (Å²) in [6.07, 6.45) is 0.0598. The molecule has 0 fully saturated rings. The molecule has 2 aromatic carbocycles. The van der Waals surface area contributed by atoms with Gasteiger partial charge in [-0.3, -0.25) is 14.4 Å². The summed E-state index contributed by atoms with van der Waals surface area (Å²) in [7, 11) is -4.16. The molecule has 1 aliphatic carbocycles. The first-order chi connectivity index (χ1) is 12.3. The Morgan fingerprint density at radius 2 is 1.54 bits per heavy atom. The van der Waals surface area contributed by atoms with Crippen molar-refractivity contribution in [1.29, 1.82) is 0 Å². The molecule has 134 valence electrons. The molecule has 0 spiro atoms. The minimum atomic E-state index is -4.16. The first-order valence-corrected chi connectivity index (χ1v) is 9.32. The average Bonchev–Trinajstić information content (AvgIpc) is 2.63. The zero-order valence-corrected chi connectivity index (χ0v) is 14.5. The van der Waals surface area contributed by atoms with Crippen LogP contribution in [0.25, 0.3) is 0 Å². The zero-order valence-electron chi connectivity index (χ0n) is 13.7. The highest BCUT2D eigenvalue weighted by atomic mass is 32.2. The number of carboxylic acid groups (broad SMARTS) is 1. The number of carbonyl (C=O) groups excluding carboxylic acids is 2. The van der Waals surface area contributed by atoms with Gasteiger partial charge in [0.05, 0.1) is 4.90 Å². The van der Waals surface area contributed by atoms with E-state index in [9.17, 15) is 22.8 Å². The first kappa shape index (κ1) is 18.0. The molecule has 1 atom stereocenters. The molecule has 0 aromatic heterocycles. The molecule has 0 bridgehead atoms. The summed E-state index contributed by atoms with van der Waals surface area (Å²) >= 11 is 0. The fraction of sp³-hybridized carbons (Fsp3) is 0.167. The van der Waals surface area contributed by atoms with Gasteiger partial charge in [0.25, 0.3) is 0 Å². The number of fused-ring (bicyclic) bond motifs is 2. The second kappa shape index (κ2) is 6.47. The van der Waals surface area contributed by atoms with Crippen molar-refractivity contribution in [1.82, 2.24) is 4.72 Å². The Morgan fingerprint density at radius 1 is 1.00 bits per heavy atom. The molecule has 2 N–H and O–H groups in total. The van der Waals surface area contributed by atoms with E-state index < -0.39 is 27.8 Å². The van der Waals surface area contributed by atoms with E-state index in [1.54, 1.807) is 18.2 Å². The van der Waals surface area contributed by atoms with Crippen LogP contribution in [-0.2, 0) is 14.8 Å². The zero-order chi connectivity index (χ0) is 19.1. The molecular weight excluding hydrogens is 358 g/mol. The monoisotopic (exact) mass is 373 g/mol. The van der Waals surface area contributed by atoms with Crippen LogP contribution in [0.3, 0.4) is 0 Å². The molecule has 0 aliphatic heterocycles. The molecule has 0 saturated heterocycles. The van der Waals surface area contributed by atoms with Crippen molar-refractivity contribution < 1.29 is 27.9 Å². The van der Waals surface area contributed by atoms with E-state index in [0.29, 0.717) is 0 Å². The van der Waals surface area contributed by atoms with Crippen molar-refractivity contribution in [2.75, 3.05) is 0 Å². The summed E-state index contributed by atoms with van der Waals surface area (Å²) in [5.74, 6) is -2.10. The molecule has 0 amide bonds. The summed E-state index contributed by atoms with van der Waals surface area (Å²) in [5.41, 5.74) is 0.595. The van der Waals surface area contributed by atoms with Gasteiger partial charge in [-0.25, -0.2) is 8.42 Å². The molecule has 0 heterocycles. The van der Waals surface area contributed by atoms with E-state index >= 15 is 0 Å². The summed E-state index contributed by atoms with van der Waals surface area (Å²) in [5, 5.41) is 9.04. The number of rotatable bonds is 5. The fourth-order valence-electron chi connectivity index (χ4n) is 2.81. The number of carboxylic acids is 1. The highest BCUT2D eigenvalue weighted by molar-refractivity contribution is 7.89. The van der Waals surface area contributed by atoms with Gasteiger partial charge >= 0.3 is 5.97 Å². The van der Waals surface area contributed by atoms with Crippen molar-refractivity contribution in [3.63, 3.8) is 0 Å². The van der Waals surface area contributed by atoms with Gasteiger partial charge in [-0.05, 0) is 24.6 Å². The fourth-order valence-corrected chi connectivity index (χ4v) is 4.11. The molecule has 7 nitrogen and oxygen atoms in total. The Hall–Kier alpha value is -2.84. The van der Waals surface area contributed by atoms with Crippen LogP contribution < -0.4 is 4.72 Å². The Labute approximate surface area is 149 Å². The van der Waals surface area contributed by atoms with Crippen LogP contribution in [0.1, 0.15) is 45.2 Å². The maximum Gasteiger partial charge on any atom is 0.321 e. The number of ketones is 2. The van der Waals surface area contributed by atoms with Gasteiger partial charge in [-0.1, -0.05) is 31.2 Å². The molecule has 3 rings (SSSR count). The Balaban J connectivity index is 2.06. The molecule has 8 heteroatoms. The van der Waals surface area contributed by atoms with Crippen LogP contribution in [-0.4, -0.2) is 37.1 Å². The van der Waals surface area contributed by atoms with Crippen LogP contribution >= 0.6 is 0 Å². The van der Waals surface area contributed by atoms with Crippen LogP contribution in [0.4, 0.5) is 0 Å². The van der Waals surface area contributed by atoms with Gasteiger partial charge in [-0.15, -0.1) is 0 Å². The molecule has 0 unspecified atom stereocenters. The highest BCUT2D eigenvalue weighted by Gasteiger charge is 2.31. The van der Waals surface area contributed by atoms with Gasteiger partial charge in [-0.2, -0.15) is 4.72 Å². The van der Waals surface area contributed by atoms with E-state index in [1.807, 2.05) is 0 Å². The van der Waals surface area contributed by atoms with Crippen LogP contribution in [0, 0.1) is 0 Å². The predicted molar refractivity (Wildman–Crippen MR) is 91.8 cm³/mol. The summed E-state index contributed by atoms with van der Waals surface area (Å²) < 4.78 is 27.0. The molecule has 0 radical (unpaired) electrons. The van der Waals surface area contributed by atoms with Gasteiger partial charge in [0.2, 0.25) is 10.0 Å². The topological polar surface area (TPSA) is 118 Å². The summed E-state index contributed by atoms with van der Waals surface area (Å²) in [6, 6.07) is 8.62. The number of carbonyl (C=O) groups is 3. The standard InChI is InChI=1S/C18H15NO6S/c1-2-15(18(22)23)19-26(24,25)10-7-8-13-14(9-10)17(21)12-6-4-3-5-11(12)16(13)20/h3-9,15,19H,2H2,1H3,(H,22,23)/t15-/m1/s1. The van der Waals surface area contributed by atoms with Crippen molar-refractivity contribution in [2.24, 2.45) is 0 Å². The van der Waals surface area contributed by atoms with Crippen molar-refractivity contribution in [3.05, 3.63) is 64.7 Å². The Morgan fingerprint density at radius 3 is 2.08 bits per heavy atom. The number of hydrogen-bond acceptors (Lipinski definition) is 5. The number of benzene rings is 2. The predicted octanol–water partition coefficient (Wildman–Crippen LogP) is 1.60. The molecular formula is C18H15NO6S. The third-order valence-corrected chi connectivity index (χ3v) is 5.68. The minimum absolute atomic E-state index is 0.0139. The van der Waals surface area contributed by atoms with E-state index in [4.69, 9.17) is 5.11 Å².